The molecule has 2 atom stereocenters. The molecule has 1 N–H and O–H groups in total. The molecule has 1 aliphatic heterocycles. The third kappa shape index (κ3) is 3.62. The quantitative estimate of drug-likeness (QED) is 0.938. The lowest BCUT2D eigenvalue weighted by Gasteiger charge is -2.28. The zero-order valence-corrected chi connectivity index (χ0v) is 14.5. The van der Waals surface area contributed by atoms with Crippen LogP contribution in [0.4, 0.5) is 4.79 Å². The van der Waals surface area contributed by atoms with Gasteiger partial charge in [0.15, 0.2) is 0 Å². The van der Waals surface area contributed by atoms with Crippen LogP contribution in [0.15, 0.2) is 46.9 Å². The zero-order chi connectivity index (χ0) is 17.1. The van der Waals surface area contributed by atoms with Crippen molar-refractivity contribution in [2.75, 3.05) is 20.6 Å². The summed E-state index contributed by atoms with van der Waals surface area (Å²) in [5, 5.41) is 3.19. The molecule has 0 aliphatic carbocycles. The van der Waals surface area contributed by atoms with Crippen LogP contribution in [-0.4, -0.2) is 42.5 Å². The average Bonchev–Trinajstić information content (AvgIpc) is 3.14. The van der Waals surface area contributed by atoms with E-state index in [-0.39, 0.29) is 18.1 Å². The molecule has 5 nitrogen and oxygen atoms in total. The number of hydrogen-bond acceptors (Lipinski definition) is 3. The molecule has 2 aromatic rings. The van der Waals surface area contributed by atoms with Crippen molar-refractivity contribution >= 4 is 6.03 Å². The molecule has 24 heavy (non-hydrogen) atoms. The Balaban J connectivity index is 1.64. The van der Waals surface area contributed by atoms with Crippen molar-refractivity contribution in [1.82, 2.24) is 15.1 Å². The Labute approximate surface area is 143 Å². The summed E-state index contributed by atoms with van der Waals surface area (Å²) < 4.78 is 5.55. The largest absolute Gasteiger partial charge is 0.464 e. The summed E-state index contributed by atoms with van der Waals surface area (Å²) >= 11 is 0. The predicted octanol–water partition coefficient (Wildman–Crippen LogP) is 3.17. The van der Waals surface area contributed by atoms with Crippen LogP contribution in [0.1, 0.15) is 29.5 Å². The van der Waals surface area contributed by atoms with Gasteiger partial charge >= 0.3 is 6.03 Å². The molecule has 128 valence electrons. The van der Waals surface area contributed by atoms with Gasteiger partial charge in [-0.25, -0.2) is 4.79 Å². The highest BCUT2D eigenvalue weighted by molar-refractivity contribution is 5.74. The number of carbonyl (C=O) groups is 1. The number of nitrogens with zero attached hydrogens (tertiary/aromatic N) is 2. The van der Waals surface area contributed by atoms with E-state index < -0.39 is 0 Å². The number of urea groups is 1. The molecule has 2 unspecified atom stereocenters. The molecule has 0 saturated carbocycles. The molecule has 1 saturated heterocycles. The van der Waals surface area contributed by atoms with E-state index in [9.17, 15) is 4.79 Å². The van der Waals surface area contributed by atoms with E-state index in [0.717, 1.165) is 24.5 Å². The van der Waals surface area contributed by atoms with Crippen LogP contribution in [0.25, 0.3) is 0 Å². The maximum absolute atomic E-state index is 12.5. The van der Waals surface area contributed by atoms with Gasteiger partial charge in [-0.2, -0.15) is 0 Å². The number of aryl methyl sites for hydroxylation is 1. The first-order valence-corrected chi connectivity index (χ1v) is 8.36. The van der Waals surface area contributed by atoms with Gasteiger partial charge in [-0.1, -0.05) is 30.3 Å². The molecular formula is C19H25N3O2. The molecule has 2 heterocycles. The fraction of sp³-hybridized carbons (Fsp3) is 0.421. The van der Waals surface area contributed by atoms with Crippen LogP contribution in [0.2, 0.25) is 0 Å². The van der Waals surface area contributed by atoms with E-state index in [0.29, 0.717) is 6.54 Å². The minimum Gasteiger partial charge on any atom is -0.464 e. The van der Waals surface area contributed by atoms with Crippen molar-refractivity contribution in [2.24, 2.45) is 0 Å². The summed E-state index contributed by atoms with van der Waals surface area (Å²) in [4.78, 5) is 16.5. The van der Waals surface area contributed by atoms with Gasteiger partial charge in [-0.15, -0.1) is 0 Å². The van der Waals surface area contributed by atoms with Crippen molar-refractivity contribution in [3.8, 4) is 0 Å². The standard InChI is InChI=1S/C19H25N3O2/c1-14-9-10-16(24-14)13-22(3)19(23)20-17-11-12-21(2)18(17)15-7-5-4-6-8-15/h4-10,17-18H,11-13H2,1-3H3,(H,20,23). The Morgan fingerprint density at radius 2 is 2.04 bits per heavy atom. The molecular weight excluding hydrogens is 302 g/mol. The molecule has 3 rings (SSSR count). The summed E-state index contributed by atoms with van der Waals surface area (Å²) in [5.41, 5.74) is 1.24. The highest BCUT2D eigenvalue weighted by Crippen LogP contribution is 2.30. The summed E-state index contributed by atoms with van der Waals surface area (Å²) in [6.45, 7) is 3.35. The van der Waals surface area contributed by atoms with Gasteiger partial charge in [0.2, 0.25) is 0 Å². The van der Waals surface area contributed by atoms with Crippen molar-refractivity contribution in [3.05, 3.63) is 59.5 Å². The SMILES string of the molecule is Cc1ccc(CN(C)C(=O)NC2CCN(C)C2c2ccccc2)o1. The summed E-state index contributed by atoms with van der Waals surface area (Å²) in [6, 6.07) is 14.5. The molecule has 5 heteroatoms. The van der Waals surface area contributed by atoms with Gasteiger partial charge in [0, 0.05) is 13.6 Å². The van der Waals surface area contributed by atoms with Gasteiger partial charge in [0.05, 0.1) is 18.6 Å². The van der Waals surface area contributed by atoms with Crippen LogP contribution in [0.3, 0.4) is 0 Å². The number of rotatable bonds is 4. The lowest BCUT2D eigenvalue weighted by molar-refractivity contribution is 0.193. The number of furan rings is 1. The molecule has 0 radical (unpaired) electrons. The number of amides is 2. The Hall–Kier alpha value is -2.27. The van der Waals surface area contributed by atoms with Gasteiger partial charge in [-0.05, 0) is 38.1 Å². The molecule has 0 bridgehead atoms. The number of hydrogen-bond donors (Lipinski definition) is 1. The van der Waals surface area contributed by atoms with Crippen LogP contribution in [0, 0.1) is 6.92 Å². The second kappa shape index (κ2) is 7.09. The molecule has 2 amide bonds. The third-order valence-corrected chi connectivity index (χ3v) is 4.63. The highest BCUT2D eigenvalue weighted by Gasteiger charge is 2.34. The second-order valence-corrected chi connectivity index (χ2v) is 6.55. The van der Waals surface area contributed by atoms with Crippen molar-refractivity contribution in [3.63, 3.8) is 0 Å². The maximum atomic E-state index is 12.5. The Kier molecular flexibility index (Phi) is 4.90. The zero-order valence-electron chi connectivity index (χ0n) is 14.5. The van der Waals surface area contributed by atoms with Crippen LogP contribution in [-0.2, 0) is 6.54 Å². The first-order valence-electron chi connectivity index (χ1n) is 8.36. The number of likely N-dealkylation sites (tertiary alicyclic amines) is 1. The topological polar surface area (TPSA) is 48.7 Å². The number of carbonyl (C=O) groups excluding carboxylic acids is 1. The van der Waals surface area contributed by atoms with E-state index in [2.05, 4.69) is 29.4 Å². The van der Waals surface area contributed by atoms with Gasteiger partial charge in [-0.3, -0.25) is 4.90 Å². The number of benzene rings is 1. The predicted molar refractivity (Wildman–Crippen MR) is 93.7 cm³/mol. The first-order chi connectivity index (χ1) is 11.5. The fourth-order valence-corrected chi connectivity index (χ4v) is 3.38. The van der Waals surface area contributed by atoms with Gasteiger partial charge in [0.25, 0.3) is 0 Å². The van der Waals surface area contributed by atoms with Crippen molar-refractivity contribution < 1.29 is 9.21 Å². The molecule has 0 spiro atoms. The normalized spacial score (nSPS) is 21.0. The Morgan fingerprint density at radius 1 is 1.29 bits per heavy atom. The molecule has 1 aromatic carbocycles. The maximum Gasteiger partial charge on any atom is 0.317 e. The van der Waals surface area contributed by atoms with Crippen molar-refractivity contribution in [1.29, 1.82) is 0 Å². The Morgan fingerprint density at radius 3 is 2.71 bits per heavy atom. The summed E-state index contributed by atoms with van der Waals surface area (Å²) in [7, 11) is 3.91. The minimum atomic E-state index is -0.0646. The van der Waals surface area contributed by atoms with Crippen molar-refractivity contribution in [2.45, 2.75) is 32.0 Å². The van der Waals surface area contributed by atoms with Crippen LogP contribution >= 0.6 is 0 Å². The number of nitrogens with one attached hydrogen (secondary N) is 1. The third-order valence-electron chi connectivity index (χ3n) is 4.63. The summed E-state index contributed by atoms with van der Waals surface area (Å²) in [6.07, 6.45) is 0.954. The average molecular weight is 327 g/mol. The fourth-order valence-electron chi connectivity index (χ4n) is 3.38. The Bertz CT molecular complexity index is 683. The molecule has 1 fully saturated rings. The van der Waals surface area contributed by atoms with Gasteiger partial charge < -0.3 is 14.6 Å². The monoisotopic (exact) mass is 327 g/mol. The molecule has 1 aliphatic rings. The minimum absolute atomic E-state index is 0.0646. The second-order valence-electron chi connectivity index (χ2n) is 6.55. The van der Waals surface area contributed by atoms with E-state index >= 15 is 0 Å². The van der Waals surface area contributed by atoms with E-state index in [1.54, 1.807) is 11.9 Å². The van der Waals surface area contributed by atoms with Gasteiger partial charge in [0.1, 0.15) is 11.5 Å². The van der Waals surface area contributed by atoms with E-state index in [1.807, 2.05) is 37.3 Å². The number of likely N-dealkylation sites (N-methyl/N-ethyl adjacent to an activating group) is 1. The smallest absolute Gasteiger partial charge is 0.317 e. The van der Waals surface area contributed by atoms with E-state index in [1.165, 1.54) is 5.56 Å². The highest BCUT2D eigenvalue weighted by atomic mass is 16.3. The lowest BCUT2D eigenvalue weighted by atomic mass is 10.0. The van der Waals surface area contributed by atoms with E-state index in [4.69, 9.17) is 4.42 Å². The summed E-state index contributed by atoms with van der Waals surface area (Å²) in [5.74, 6) is 1.66. The van der Waals surface area contributed by atoms with Crippen LogP contribution in [0.5, 0.6) is 0 Å². The first kappa shape index (κ1) is 16.6. The molecule has 1 aromatic heterocycles. The lowest BCUT2D eigenvalue weighted by Crippen LogP contribution is -2.44. The van der Waals surface area contributed by atoms with Crippen LogP contribution < -0.4 is 5.32 Å².